The summed E-state index contributed by atoms with van der Waals surface area (Å²) in [5.74, 6) is 0. The van der Waals surface area contributed by atoms with Gasteiger partial charge in [0.15, 0.2) is 0 Å². The van der Waals surface area contributed by atoms with Gasteiger partial charge >= 0.3 is 0 Å². The molecule has 17 heavy (non-hydrogen) atoms. The Bertz CT molecular complexity index is 206. The van der Waals surface area contributed by atoms with E-state index in [0.29, 0.717) is 0 Å². The molecule has 1 unspecified atom stereocenters. The zero-order chi connectivity index (χ0) is 12.8. The molecule has 1 atom stereocenters. The van der Waals surface area contributed by atoms with Gasteiger partial charge in [-0.15, -0.1) is 0 Å². The Morgan fingerprint density at radius 3 is 1.82 bits per heavy atom. The molecule has 3 nitrogen and oxygen atoms in total. The molecule has 0 aliphatic carbocycles. The van der Waals surface area contributed by atoms with Gasteiger partial charge in [-0.3, -0.25) is 0 Å². The van der Waals surface area contributed by atoms with Crippen molar-refractivity contribution >= 4 is 31.9 Å². The van der Waals surface area contributed by atoms with Crippen LogP contribution in [-0.2, 0) is 0 Å². The third-order valence-electron chi connectivity index (χ3n) is 2.75. The quantitative estimate of drug-likeness (QED) is 0.0966. The molecule has 0 aliphatic rings. The molecule has 0 aliphatic heterocycles. The first kappa shape index (κ1) is 17.3. The lowest BCUT2D eigenvalue weighted by Gasteiger charge is -2.03. The predicted molar refractivity (Wildman–Crippen MR) is 81.8 cm³/mol. The van der Waals surface area contributed by atoms with Gasteiger partial charge in [0, 0.05) is 10.2 Å². The molecule has 0 fully saturated rings. The minimum Gasteiger partial charge on any atom is -0.0928 e. The zero-order valence-electron chi connectivity index (χ0n) is 10.5. The van der Waals surface area contributed by atoms with Gasteiger partial charge < -0.3 is 0 Å². The third-order valence-corrected chi connectivity index (χ3v) is 3.95. The number of halogens is 2. The Hall–Kier alpha value is 0.270. The Kier molecular flexibility index (Phi) is 14.6. The molecule has 0 saturated carbocycles. The molecular weight excluding hydrogens is 346 g/mol. The highest BCUT2D eigenvalue weighted by atomic mass is 79.9. The molecule has 0 N–H and O–H groups in total. The van der Waals surface area contributed by atoms with E-state index in [1.165, 1.54) is 51.4 Å². The van der Waals surface area contributed by atoms with E-state index in [4.69, 9.17) is 5.53 Å². The van der Waals surface area contributed by atoms with Crippen molar-refractivity contribution in [3.63, 3.8) is 0 Å². The Labute approximate surface area is 122 Å². The maximum Gasteiger partial charge on any atom is 0.0931 e. The van der Waals surface area contributed by atoms with Crippen LogP contribution in [0, 0.1) is 0 Å². The fourth-order valence-corrected chi connectivity index (χ4v) is 2.56. The van der Waals surface area contributed by atoms with E-state index >= 15 is 0 Å². The highest BCUT2D eigenvalue weighted by Crippen LogP contribution is 2.15. The van der Waals surface area contributed by atoms with Crippen molar-refractivity contribution < 1.29 is 0 Å². The van der Waals surface area contributed by atoms with E-state index in [1.807, 2.05) is 0 Å². The molecule has 0 aromatic heterocycles. The fraction of sp³-hybridized carbons (Fsp3) is 1.00. The number of rotatable bonds is 12. The molecule has 0 aromatic rings. The second kappa shape index (κ2) is 14.3. The van der Waals surface area contributed by atoms with E-state index in [9.17, 15) is 0 Å². The fourth-order valence-electron chi connectivity index (χ4n) is 1.76. The second-order valence-corrected chi connectivity index (χ2v) is 6.15. The first-order valence-corrected chi connectivity index (χ1v) is 8.59. The predicted octanol–water partition coefficient (Wildman–Crippen LogP) is 6.31. The van der Waals surface area contributed by atoms with Gasteiger partial charge in [0.1, 0.15) is 0 Å². The topological polar surface area (TPSA) is 48.8 Å². The van der Waals surface area contributed by atoms with Crippen LogP contribution in [-0.4, -0.2) is 10.3 Å². The molecule has 0 rings (SSSR count). The zero-order valence-corrected chi connectivity index (χ0v) is 13.6. The summed E-state index contributed by atoms with van der Waals surface area (Å²) in [7, 11) is 0. The molecule has 0 amide bonds. The highest BCUT2D eigenvalue weighted by Gasteiger charge is 1.99. The lowest BCUT2D eigenvalue weighted by Crippen LogP contribution is -1.91. The molecule has 0 aromatic carbocycles. The first-order valence-electron chi connectivity index (χ1n) is 6.55. The summed E-state index contributed by atoms with van der Waals surface area (Å²) in [4.78, 5) is 2.76. The first-order chi connectivity index (χ1) is 8.31. The van der Waals surface area contributed by atoms with E-state index in [-0.39, 0.29) is 4.95 Å². The monoisotopic (exact) mass is 367 g/mol. The molecule has 0 radical (unpaired) electrons. The van der Waals surface area contributed by atoms with Gasteiger partial charge in [-0.25, -0.2) is 0 Å². The van der Waals surface area contributed by atoms with Crippen molar-refractivity contribution in [3.05, 3.63) is 10.4 Å². The number of nitrogens with zero attached hydrogens (tertiary/aromatic N) is 3. The van der Waals surface area contributed by atoms with Crippen molar-refractivity contribution in [2.75, 3.05) is 5.33 Å². The van der Waals surface area contributed by atoms with E-state index in [0.717, 1.165) is 18.2 Å². The maximum atomic E-state index is 8.22. The third kappa shape index (κ3) is 14.2. The molecule has 0 spiro atoms. The Morgan fingerprint density at radius 1 is 0.882 bits per heavy atom. The SMILES string of the molecule is [N-]=[N+]=NC(Br)CCCCCCCCCCCBr. The van der Waals surface area contributed by atoms with Gasteiger partial charge in [-0.05, 0) is 18.4 Å². The van der Waals surface area contributed by atoms with Crippen LogP contribution in [0.25, 0.3) is 10.4 Å². The number of alkyl halides is 2. The van der Waals surface area contributed by atoms with Crippen LogP contribution < -0.4 is 0 Å². The van der Waals surface area contributed by atoms with Crippen LogP contribution in [0.15, 0.2) is 5.11 Å². The normalized spacial score (nSPS) is 12.1. The van der Waals surface area contributed by atoms with Gasteiger partial charge in [-0.1, -0.05) is 88.3 Å². The van der Waals surface area contributed by atoms with Crippen molar-refractivity contribution in [2.24, 2.45) is 5.11 Å². The smallest absolute Gasteiger partial charge is 0.0928 e. The summed E-state index contributed by atoms with van der Waals surface area (Å²) in [5, 5.41) is 4.74. The summed E-state index contributed by atoms with van der Waals surface area (Å²) in [5.41, 5.74) is 8.22. The van der Waals surface area contributed by atoms with E-state index in [2.05, 4.69) is 41.9 Å². The van der Waals surface area contributed by atoms with E-state index < -0.39 is 0 Å². The van der Waals surface area contributed by atoms with Crippen LogP contribution in [0.2, 0.25) is 0 Å². The van der Waals surface area contributed by atoms with E-state index in [1.54, 1.807) is 0 Å². The molecule has 0 saturated heterocycles. The summed E-state index contributed by atoms with van der Waals surface area (Å²) in [6.45, 7) is 0. The minimum absolute atomic E-state index is 0.0169. The summed E-state index contributed by atoms with van der Waals surface area (Å²) < 4.78 is 0. The van der Waals surface area contributed by atoms with Crippen molar-refractivity contribution in [2.45, 2.75) is 69.2 Å². The molecular formula is C12H23Br2N3. The Morgan fingerprint density at radius 2 is 1.35 bits per heavy atom. The average molecular weight is 369 g/mol. The molecule has 0 heterocycles. The lowest BCUT2D eigenvalue weighted by atomic mass is 10.1. The van der Waals surface area contributed by atoms with Gasteiger partial charge in [0.05, 0.1) is 4.95 Å². The second-order valence-electron chi connectivity index (χ2n) is 4.30. The number of hydrogen-bond donors (Lipinski definition) is 0. The summed E-state index contributed by atoms with van der Waals surface area (Å²) in [6, 6.07) is 0. The maximum absolute atomic E-state index is 8.22. The summed E-state index contributed by atoms with van der Waals surface area (Å²) in [6.07, 6.45) is 12.8. The average Bonchev–Trinajstić information content (AvgIpc) is 2.32. The molecule has 0 bridgehead atoms. The van der Waals surface area contributed by atoms with Crippen LogP contribution in [0.4, 0.5) is 0 Å². The van der Waals surface area contributed by atoms with Crippen LogP contribution in [0.3, 0.4) is 0 Å². The van der Waals surface area contributed by atoms with Gasteiger partial charge in [0.2, 0.25) is 0 Å². The van der Waals surface area contributed by atoms with Crippen molar-refractivity contribution in [1.29, 1.82) is 0 Å². The largest absolute Gasteiger partial charge is 0.0931 e. The summed E-state index contributed by atoms with van der Waals surface area (Å²) >= 11 is 6.78. The van der Waals surface area contributed by atoms with Crippen LogP contribution >= 0.6 is 31.9 Å². The van der Waals surface area contributed by atoms with Gasteiger partial charge in [0.25, 0.3) is 0 Å². The minimum atomic E-state index is -0.0169. The van der Waals surface area contributed by atoms with Crippen LogP contribution in [0.1, 0.15) is 64.2 Å². The lowest BCUT2D eigenvalue weighted by molar-refractivity contribution is 0.556. The number of azide groups is 1. The number of unbranched alkanes of at least 4 members (excludes halogenated alkanes) is 8. The molecule has 5 heteroatoms. The Balaban J connectivity index is 3.05. The van der Waals surface area contributed by atoms with Crippen molar-refractivity contribution in [1.82, 2.24) is 0 Å². The van der Waals surface area contributed by atoms with Crippen LogP contribution in [0.5, 0.6) is 0 Å². The number of hydrogen-bond acceptors (Lipinski definition) is 1. The highest BCUT2D eigenvalue weighted by molar-refractivity contribution is 9.09. The standard InChI is InChI=1S/C12H23Br2N3/c13-11-9-7-5-3-1-2-4-6-8-10-12(14)16-17-15/h12H,1-11H2. The molecule has 100 valence electrons. The van der Waals surface area contributed by atoms with Crippen molar-refractivity contribution in [3.8, 4) is 0 Å². The van der Waals surface area contributed by atoms with Gasteiger partial charge in [-0.2, -0.15) is 0 Å².